The van der Waals surface area contributed by atoms with E-state index in [0.717, 1.165) is 0 Å². The summed E-state index contributed by atoms with van der Waals surface area (Å²) in [5, 5.41) is 32.4. The van der Waals surface area contributed by atoms with Crippen LogP contribution in [0.25, 0.3) is 0 Å². The van der Waals surface area contributed by atoms with Gasteiger partial charge in [-0.15, -0.1) is 0 Å². The van der Waals surface area contributed by atoms with Crippen LogP contribution in [0.4, 0.5) is 0 Å². The Morgan fingerprint density at radius 3 is 1.80 bits per heavy atom. The summed E-state index contributed by atoms with van der Waals surface area (Å²) in [6.45, 7) is -0.826. The number of rotatable bonds is 11. The Labute approximate surface area is 313 Å². The van der Waals surface area contributed by atoms with Gasteiger partial charge < -0.3 is 29.0 Å². The summed E-state index contributed by atoms with van der Waals surface area (Å²) in [4.78, 5) is -0.867. The monoisotopic (exact) mass is 826 g/mol. The number of hydrogen-bond donors (Lipinski definition) is 3. The van der Waals surface area contributed by atoms with E-state index in [0.29, 0.717) is 16.1 Å². The molecule has 1 aliphatic rings. The zero-order chi connectivity index (χ0) is 36.6. The molecule has 0 unspecified atom stereocenters. The Kier molecular flexibility index (Phi) is 12.0. The van der Waals surface area contributed by atoms with E-state index in [1.54, 1.807) is 12.1 Å². The molecule has 1 heterocycles. The maximum Gasteiger partial charge on any atom is 0.342 e. The van der Waals surface area contributed by atoms with Crippen molar-refractivity contribution >= 4 is 78.2 Å². The zero-order valence-corrected chi connectivity index (χ0v) is 31.0. The van der Waals surface area contributed by atoms with Gasteiger partial charge in [-0.2, -0.15) is 16.8 Å². The van der Waals surface area contributed by atoms with Gasteiger partial charge in [0.1, 0.15) is 40.0 Å². The molecule has 0 spiro atoms. The molecule has 1 saturated heterocycles. The third-order valence-corrected chi connectivity index (χ3v) is 12.6. The van der Waals surface area contributed by atoms with E-state index in [1.807, 2.05) is 0 Å². The highest BCUT2D eigenvalue weighted by molar-refractivity contribution is 7.87. The average Bonchev–Trinajstić information content (AvgIpc) is 3.05. The summed E-state index contributed by atoms with van der Waals surface area (Å²) in [5.41, 5.74) is 1.30. The van der Waals surface area contributed by atoms with Crippen molar-refractivity contribution in [2.24, 2.45) is 0 Å². The van der Waals surface area contributed by atoms with Crippen LogP contribution in [0.15, 0.2) is 88.7 Å². The summed E-state index contributed by atoms with van der Waals surface area (Å²) >= 11 is 30.7. The second-order valence-corrected chi connectivity index (χ2v) is 16.0. The Hall–Kier alpha value is -2.21. The summed E-state index contributed by atoms with van der Waals surface area (Å²) in [7, 11) is -7.75. The smallest absolute Gasteiger partial charge is 0.342 e. The van der Waals surface area contributed by atoms with Crippen molar-refractivity contribution in [3.8, 4) is 5.75 Å². The third kappa shape index (κ3) is 7.91. The van der Waals surface area contributed by atoms with Crippen molar-refractivity contribution in [2.45, 2.75) is 46.4 Å². The van der Waals surface area contributed by atoms with Crippen LogP contribution >= 0.6 is 58.0 Å². The predicted molar refractivity (Wildman–Crippen MR) is 186 cm³/mol. The molecule has 5 atom stereocenters. The number of halogens is 5. The van der Waals surface area contributed by atoms with E-state index >= 15 is 0 Å². The van der Waals surface area contributed by atoms with Crippen LogP contribution in [0, 0.1) is 0 Å². The minimum atomic E-state index is -4.57. The van der Waals surface area contributed by atoms with E-state index in [-0.39, 0.29) is 42.7 Å². The van der Waals surface area contributed by atoms with Crippen LogP contribution in [-0.4, -0.2) is 70.3 Å². The summed E-state index contributed by atoms with van der Waals surface area (Å²) in [6, 6.07) is 18.8. The highest BCUT2D eigenvalue weighted by Crippen LogP contribution is 2.41. The van der Waals surface area contributed by atoms with Gasteiger partial charge in [-0.25, -0.2) is 0 Å². The van der Waals surface area contributed by atoms with E-state index in [9.17, 15) is 32.2 Å². The molecular weight excluding hydrogens is 802 g/mol. The second-order valence-electron chi connectivity index (χ2n) is 11.0. The lowest BCUT2D eigenvalue weighted by Gasteiger charge is -2.48. The molecule has 50 heavy (non-hydrogen) atoms. The van der Waals surface area contributed by atoms with Crippen molar-refractivity contribution in [1.29, 1.82) is 0 Å². The van der Waals surface area contributed by atoms with Crippen molar-refractivity contribution in [3.05, 3.63) is 121 Å². The van der Waals surface area contributed by atoms with Gasteiger partial charge in [0.2, 0.25) is 5.79 Å². The SMILES string of the molecule is CO[C@@]1(c2ccc(Cl)c(Cc3ccc(OS(=O)(=O)c4c(Cl)cccc4Cl)cc3)c2)O[C@H](COS(=O)(=O)c2c(Cl)cccc2Cl)[C@@H](O)[C@H](O)[C@H]1O. The summed E-state index contributed by atoms with van der Waals surface area (Å²) in [6.07, 6.45) is -6.93. The van der Waals surface area contributed by atoms with E-state index in [4.69, 9.17) is 75.8 Å². The van der Waals surface area contributed by atoms with Gasteiger partial charge in [0.15, 0.2) is 0 Å². The van der Waals surface area contributed by atoms with Crippen LogP contribution in [0.1, 0.15) is 16.7 Å². The largest absolute Gasteiger partial charge is 0.387 e. The number of benzene rings is 4. The second kappa shape index (κ2) is 15.4. The number of methoxy groups -OCH3 is 1. The molecule has 0 amide bonds. The molecule has 1 fully saturated rings. The first-order valence-corrected chi connectivity index (χ1v) is 19.1. The van der Waals surface area contributed by atoms with Crippen LogP contribution in [0.3, 0.4) is 0 Å². The molecule has 268 valence electrons. The maximum absolute atomic E-state index is 13.0. The van der Waals surface area contributed by atoms with Crippen molar-refractivity contribution in [2.75, 3.05) is 13.7 Å². The van der Waals surface area contributed by atoms with Crippen LogP contribution in [0.5, 0.6) is 5.75 Å². The lowest BCUT2D eigenvalue weighted by molar-refractivity contribution is -0.365. The van der Waals surface area contributed by atoms with Crippen molar-refractivity contribution in [1.82, 2.24) is 0 Å². The third-order valence-electron chi connectivity index (χ3n) is 7.77. The van der Waals surface area contributed by atoms with E-state index in [1.165, 1.54) is 73.8 Å². The molecule has 0 aliphatic carbocycles. The number of ether oxygens (including phenoxy) is 2. The molecule has 4 aromatic carbocycles. The van der Waals surface area contributed by atoms with E-state index in [2.05, 4.69) is 0 Å². The van der Waals surface area contributed by atoms with Gasteiger partial charge in [0.05, 0.1) is 26.7 Å². The highest BCUT2D eigenvalue weighted by atomic mass is 35.5. The van der Waals surface area contributed by atoms with Gasteiger partial charge in [-0.05, 0) is 66.1 Å². The number of aliphatic hydroxyl groups excluding tert-OH is 3. The van der Waals surface area contributed by atoms with Crippen LogP contribution < -0.4 is 4.18 Å². The van der Waals surface area contributed by atoms with Crippen molar-refractivity contribution in [3.63, 3.8) is 0 Å². The molecule has 0 saturated carbocycles. The minimum Gasteiger partial charge on any atom is -0.387 e. The van der Waals surface area contributed by atoms with Gasteiger partial charge >= 0.3 is 10.1 Å². The molecular formula is C32H27Cl5O11S2. The highest BCUT2D eigenvalue weighted by Gasteiger charge is 2.55. The molecule has 11 nitrogen and oxygen atoms in total. The molecule has 3 N–H and O–H groups in total. The van der Waals surface area contributed by atoms with E-state index < -0.39 is 61.9 Å². The Balaban J connectivity index is 1.37. The maximum atomic E-state index is 13.0. The molecule has 18 heteroatoms. The molecule has 0 bridgehead atoms. The number of hydrogen-bond acceptors (Lipinski definition) is 11. The fraction of sp³-hybridized carbons (Fsp3) is 0.250. The zero-order valence-electron chi connectivity index (χ0n) is 25.5. The van der Waals surface area contributed by atoms with Crippen LogP contribution in [0.2, 0.25) is 25.1 Å². The first kappa shape index (κ1) is 39.0. The quantitative estimate of drug-likeness (QED) is 0.152. The lowest BCUT2D eigenvalue weighted by atomic mass is 9.87. The van der Waals surface area contributed by atoms with Crippen molar-refractivity contribution < 1.29 is 50.0 Å². The van der Waals surface area contributed by atoms with Crippen LogP contribution in [-0.2, 0) is 46.1 Å². The average molecular weight is 829 g/mol. The van der Waals surface area contributed by atoms with Gasteiger partial charge in [0.25, 0.3) is 10.1 Å². The Bertz CT molecular complexity index is 2060. The fourth-order valence-electron chi connectivity index (χ4n) is 5.29. The summed E-state index contributed by atoms with van der Waals surface area (Å²) < 4.78 is 73.6. The fourth-order valence-corrected chi connectivity index (χ4v) is 9.51. The molecule has 0 radical (unpaired) electrons. The molecule has 5 rings (SSSR count). The summed E-state index contributed by atoms with van der Waals surface area (Å²) in [5.74, 6) is -2.15. The Morgan fingerprint density at radius 2 is 1.26 bits per heavy atom. The van der Waals surface area contributed by atoms with Gasteiger partial charge in [0, 0.05) is 17.7 Å². The van der Waals surface area contributed by atoms with Gasteiger partial charge in [-0.1, -0.05) is 88.3 Å². The predicted octanol–water partition coefficient (Wildman–Crippen LogP) is 6.00. The normalized spacial score (nSPS) is 22.7. The topological polar surface area (TPSA) is 166 Å². The lowest BCUT2D eigenvalue weighted by Crippen LogP contribution is -2.64. The first-order chi connectivity index (χ1) is 23.5. The molecule has 1 aliphatic heterocycles. The standard InChI is InChI=1S/C32H27Cl5O11S2/c1-45-32(31(40)28(39)27(38)26(47-32)16-46-49(41,42)29-22(34)4-2-5-23(29)35)19-10-13-21(33)18(15-19)14-17-8-11-20(12-9-17)48-50(43,44)30-24(36)6-3-7-25(30)37/h2-13,15,26-28,31,38-40H,14,16H2,1H3/t26-,27-,28+,31-,32+/m1/s1. The number of aliphatic hydroxyl groups is 3. The van der Waals surface area contributed by atoms with Gasteiger partial charge in [-0.3, -0.25) is 4.18 Å². The molecule has 4 aromatic rings. The molecule has 0 aromatic heterocycles. The first-order valence-electron chi connectivity index (χ1n) is 14.4. The minimum absolute atomic E-state index is 0.0127. The Morgan fingerprint density at radius 1 is 0.720 bits per heavy atom.